The molecular formula is C13H15N3O2. The van der Waals surface area contributed by atoms with Crippen LogP contribution in [0.25, 0.3) is 0 Å². The second-order valence-electron chi connectivity index (χ2n) is 4.00. The molecule has 0 aliphatic carbocycles. The summed E-state index contributed by atoms with van der Waals surface area (Å²) < 4.78 is 4.86. The van der Waals surface area contributed by atoms with Gasteiger partial charge in [0.1, 0.15) is 5.76 Å². The largest absolute Gasteiger partial charge is 0.361 e. The molecule has 0 saturated carbocycles. The zero-order chi connectivity index (χ0) is 13.0. The van der Waals surface area contributed by atoms with E-state index in [1.807, 2.05) is 31.3 Å². The molecule has 1 aromatic heterocycles. The Kier molecular flexibility index (Phi) is 3.74. The molecule has 5 nitrogen and oxygen atoms in total. The zero-order valence-electron chi connectivity index (χ0n) is 10.4. The molecule has 0 fully saturated rings. The van der Waals surface area contributed by atoms with Crippen molar-refractivity contribution in [1.82, 2.24) is 10.5 Å². The topological polar surface area (TPSA) is 67.2 Å². The van der Waals surface area contributed by atoms with Gasteiger partial charge in [0.25, 0.3) is 5.91 Å². The molecule has 18 heavy (non-hydrogen) atoms. The summed E-state index contributed by atoms with van der Waals surface area (Å²) in [6.07, 6.45) is 0. The van der Waals surface area contributed by atoms with Crippen LogP contribution in [0, 0.1) is 6.92 Å². The molecule has 1 heterocycles. The maximum atomic E-state index is 11.8. The lowest BCUT2D eigenvalue weighted by atomic mass is 10.2. The fourth-order valence-corrected chi connectivity index (χ4v) is 1.58. The number of anilines is 1. The number of carbonyl (C=O) groups is 1. The molecule has 1 amide bonds. The summed E-state index contributed by atoms with van der Waals surface area (Å²) in [5.41, 5.74) is 2.18. The minimum atomic E-state index is -0.270. The number of nitrogens with one attached hydrogen (secondary N) is 2. The summed E-state index contributed by atoms with van der Waals surface area (Å²) in [7, 11) is 1.89. The van der Waals surface area contributed by atoms with E-state index < -0.39 is 0 Å². The van der Waals surface area contributed by atoms with Crippen LogP contribution in [0.4, 0.5) is 5.69 Å². The van der Waals surface area contributed by atoms with Crippen LogP contribution in [0.1, 0.15) is 21.8 Å². The van der Waals surface area contributed by atoms with Crippen LogP contribution in [0.3, 0.4) is 0 Å². The molecule has 94 valence electrons. The average Bonchev–Trinajstić information content (AvgIpc) is 2.79. The third-order valence-corrected chi connectivity index (χ3v) is 2.45. The molecule has 0 aliphatic rings. The summed E-state index contributed by atoms with van der Waals surface area (Å²) in [4.78, 5) is 11.8. The number of hydrogen-bond donors (Lipinski definition) is 2. The minimum Gasteiger partial charge on any atom is -0.361 e. The van der Waals surface area contributed by atoms with Gasteiger partial charge in [0.05, 0.1) is 0 Å². The Morgan fingerprint density at radius 1 is 1.33 bits per heavy atom. The number of amides is 1. The van der Waals surface area contributed by atoms with Crippen molar-refractivity contribution in [2.45, 2.75) is 13.5 Å². The van der Waals surface area contributed by atoms with Crippen LogP contribution in [0.5, 0.6) is 0 Å². The smallest absolute Gasteiger partial charge is 0.277 e. The standard InChI is InChI=1S/C13H15N3O2/c1-9-7-12(16-18-9)13(17)15-11-5-3-10(4-6-11)8-14-2/h3-7,14H,8H2,1-2H3,(H,15,17). The second-order valence-corrected chi connectivity index (χ2v) is 4.00. The average molecular weight is 245 g/mol. The van der Waals surface area contributed by atoms with Gasteiger partial charge >= 0.3 is 0 Å². The van der Waals surface area contributed by atoms with E-state index in [2.05, 4.69) is 15.8 Å². The van der Waals surface area contributed by atoms with Gasteiger partial charge in [-0.1, -0.05) is 17.3 Å². The summed E-state index contributed by atoms with van der Waals surface area (Å²) in [6, 6.07) is 9.24. The first-order chi connectivity index (χ1) is 8.69. The maximum absolute atomic E-state index is 11.8. The number of carbonyl (C=O) groups excluding carboxylic acids is 1. The number of benzene rings is 1. The first kappa shape index (κ1) is 12.3. The molecule has 0 bridgehead atoms. The Morgan fingerprint density at radius 3 is 2.61 bits per heavy atom. The number of hydrogen-bond acceptors (Lipinski definition) is 4. The fraction of sp³-hybridized carbons (Fsp3) is 0.231. The van der Waals surface area contributed by atoms with Gasteiger partial charge in [-0.15, -0.1) is 0 Å². The Labute approximate surface area is 105 Å². The molecule has 0 saturated heterocycles. The normalized spacial score (nSPS) is 10.3. The zero-order valence-corrected chi connectivity index (χ0v) is 10.4. The fourth-order valence-electron chi connectivity index (χ4n) is 1.58. The summed E-state index contributed by atoms with van der Waals surface area (Å²) in [5.74, 6) is 0.345. The Balaban J connectivity index is 2.03. The van der Waals surface area contributed by atoms with E-state index in [0.29, 0.717) is 5.76 Å². The summed E-state index contributed by atoms with van der Waals surface area (Å²) >= 11 is 0. The van der Waals surface area contributed by atoms with Gasteiger partial charge in [-0.2, -0.15) is 0 Å². The minimum absolute atomic E-state index is 0.270. The van der Waals surface area contributed by atoms with Crippen LogP contribution >= 0.6 is 0 Å². The molecule has 0 radical (unpaired) electrons. The third kappa shape index (κ3) is 2.95. The SMILES string of the molecule is CNCc1ccc(NC(=O)c2cc(C)on2)cc1. The van der Waals surface area contributed by atoms with Gasteiger partial charge in [0.2, 0.25) is 0 Å². The van der Waals surface area contributed by atoms with Gasteiger partial charge < -0.3 is 15.2 Å². The highest BCUT2D eigenvalue weighted by atomic mass is 16.5. The van der Waals surface area contributed by atoms with Crippen LogP contribution in [0.2, 0.25) is 0 Å². The molecule has 0 aliphatic heterocycles. The number of aromatic nitrogens is 1. The van der Waals surface area contributed by atoms with Crippen molar-refractivity contribution < 1.29 is 9.32 Å². The van der Waals surface area contributed by atoms with E-state index in [9.17, 15) is 4.79 Å². The predicted octanol–water partition coefficient (Wildman–Crippen LogP) is 1.95. The first-order valence-corrected chi connectivity index (χ1v) is 5.67. The molecule has 2 N–H and O–H groups in total. The van der Waals surface area contributed by atoms with Gasteiger partial charge in [-0.05, 0) is 31.7 Å². The molecule has 2 aromatic rings. The van der Waals surface area contributed by atoms with Crippen molar-refractivity contribution >= 4 is 11.6 Å². The summed E-state index contributed by atoms with van der Waals surface area (Å²) in [6.45, 7) is 2.55. The van der Waals surface area contributed by atoms with Crippen LogP contribution in [-0.2, 0) is 6.54 Å². The van der Waals surface area contributed by atoms with Crippen LogP contribution < -0.4 is 10.6 Å². The lowest BCUT2D eigenvalue weighted by molar-refractivity contribution is 0.101. The van der Waals surface area contributed by atoms with Gasteiger partial charge in [-0.25, -0.2) is 0 Å². The quantitative estimate of drug-likeness (QED) is 0.864. The Morgan fingerprint density at radius 2 is 2.06 bits per heavy atom. The highest BCUT2D eigenvalue weighted by Gasteiger charge is 2.10. The van der Waals surface area contributed by atoms with E-state index in [1.165, 1.54) is 0 Å². The number of nitrogens with zero attached hydrogens (tertiary/aromatic N) is 1. The van der Waals surface area contributed by atoms with E-state index in [-0.39, 0.29) is 11.6 Å². The Hall–Kier alpha value is -2.14. The van der Waals surface area contributed by atoms with Crippen LogP contribution in [-0.4, -0.2) is 18.1 Å². The van der Waals surface area contributed by atoms with Crippen molar-refractivity contribution in [2.75, 3.05) is 12.4 Å². The van der Waals surface area contributed by atoms with E-state index >= 15 is 0 Å². The third-order valence-electron chi connectivity index (χ3n) is 2.45. The molecule has 0 spiro atoms. The molecule has 5 heteroatoms. The lowest BCUT2D eigenvalue weighted by Crippen LogP contribution is -2.12. The highest BCUT2D eigenvalue weighted by molar-refractivity contribution is 6.02. The number of rotatable bonds is 4. The van der Waals surface area contributed by atoms with Crippen LogP contribution in [0.15, 0.2) is 34.9 Å². The second kappa shape index (κ2) is 5.46. The molecule has 1 aromatic carbocycles. The van der Waals surface area contributed by atoms with Gasteiger partial charge in [-0.3, -0.25) is 4.79 Å². The van der Waals surface area contributed by atoms with E-state index in [1.54, 1.807) is 13.0 Å². The molecule has 0 atom stereocenters. The van der Waals surface area contributed by atoms with Gasteiger partial charge in [0.15, 0.2) is 5.69 Å². The van der Waals surface area contributed by atoms with E-state index in [4.69, 9.17) is 4.52 Å². The Bertz CT molecular complexity index is 531. The number of aryl methyl sites for hydroxylation is 1. The van der Waals surface area contributed by atoms with Crippen molar-refractivity contribution in [3.8, 4) is 0 Å². The summed E-state index contributed by atoms with van der Waals surface area (Å²) in [5, 5.41) is 9.48. The van der Waals surface area contributed by atoms with Crippen molar-refractivity contribution in [2.24, 2.45) is 0 Å². The maximum Gasteiger partial charge on any atom is 0.277 e. The van der Waals surface area contributed by atoms with E-state index in [0.717, 1.165) is 17.8 Å². The molecule has 0 unspecified atom stereocenters. The highest BCUT2D eigenvalue weighted by Crippen LogP contribution is 2.11. The predicted molar refractivity (Wildman–Crippen MR) is 68.4 cm³/mol. The van der Waals surface area contributed by atoms with Crippen molar-refractivity contribution in [1.29, 1.82) is 0 Å². The van der Waals surface area contributed by atoms with Gasteiger partial charge in [0, 0.05) is 18.3 Å². The lowest BCUT2D eigenvalue weighted by Gasteiger charge is -2.04. The molecular weight excluding hydrogens is 230 g/mol. The van der Waals surface area contributed by atoms with Crippen molar-refractivity contribution in [3.05, 3.63) is 47.3 Å². The first-order valence-electron chi connectivity index (χ1n) is 5.67. The van der Waals surface area contributed by atoms with Crippen molar-refractivity contribution in [3.63, 3.8) is 0 Å². The molecule has 2 rings (SSSR count). The monoisotopic (exact) mass is 245 g/mol.